The maximum Gasteiger partial charge on any atom is 0.0299 e. The second kappa shape index (κ2) is 7.23. The number of rotatable bonds is 6. The van der Waals surface area contributed by atoms with Gasteiger partial charge >= 0.3 is 0 Å². The van der Waals surface area contributed by atoms with Crippen molar-refractivity contribution in [1.29, 1.82) is 0 Å². The van der Waals surface area contributed by atoms with Gasteiger partial charge < -0.3 is 5.32 Å². The Hall–Kier alpha value is -0.420. The van der Waals surface area contributed by atoms with Crippen molar-refractivity contribution in [2.75, 3.05) is 32.7 Å². The van der Waals surface area contributed by atoms with Crippen molar-refractivity contribution in [2.24, 2.45) is 0 Å². The topological polar surface area (TPSA) is 18.5 Å². The van der Waals surface area contributed by atoms with E-state index in [0.717, 1.165) is 25.7 Å². The summed E-state index contributed by atoms with van der Waals surface area (Å²) in [7, 11) is 0. The zero-order valence-corrected chi connectivity index (χ0v) is 14.3. The van der Waals surface area contributed by atoms with Gasteiger partial charge in [0.1, 0.15) is 0 Å². The van der Waals surface area contributed by atoms with Crippen LogP contribution in [0.2, 0.25) is 0 Å². The molecule has 1 aromatic rings. The van der Waals surface area contributed by atoms with E-state index in [1.54, 1.807) is 5.56 Å². The zero-order chi connectivity index (χ0) is 14.7. The summed E-state index contributed by atoms with van der Waals surface area (Å²) >= 11 is 1.96. The normalized spacial score (nSPS) is 24.2. The van der Waals surface area contributed by atoms with Crippen LogP contribution in [0.1, 0.15) is 41.5 Å². The molecule has 0 aliphatic carbocycles. The molecule has 1 aromatic heterocycles. The van der Waals surface area contributed by atoms with Gasteiger partial charge in [0, 0.05) is 42.0 Å². The SMILES string of the molecule is CCNCc1cc(CN2CCC(N3CCCC3)C2)c(C)s1. The Bertz CT molecular complexity index is 451. The molecule has 2 fully saturated rings. The van der Waals surface area contributed by atoms with Crippen molar-refractivity contribution < 1.29 is 0 Å². The number of nitrogens with one attached hydrogen (secondary N) is 1. The van der Waals surface area contributed by atoms with Crippen molar-refractivity contribution in [3.8, 4) is 0 Å². The maximum absolute atomic E-state index is 3.43. The lowest BCUT2D eigenvalue weighted by molar-refractivity contribution is 0.230. The summed E-state index contributed by atoms with van der Waals surface area (Å²) < 4.78 is 0. The first-order valence-corrected chi connectivity index (χ1v) is 9.33. The molecule has 4 heteroatoms. The van der Waals surface area contributed by atoms with Gasteiger partial charge in [-0.15, -0.1) is 11.3 Å². The molecule has 0 spiro atoms. The number of aryl methyl sites for hydroxylation is 1. The Kier molecular flexibility index (Phi) is 5.33. The molecule has 0 aromatic carbocycles. The average molecular weight is 308 g/mol. The molecule has 1 atom stereocenters. The van der Waals surface area contributed by atoms with Crippen molar-refractivity contribution in [3.63, 3.8) is 0 Å². The van der Waals surface area contributed by atoms with Crippen molar-refractivity contribution in [1.82, 2.24) is 15.1 Å². The van der Waals surface area contributed by atoms with Crippen LogP contribution in [0.4, 0.5) is 0 Å². The summed E-state index contributed by atoms with van der Waals surface area (Å²) in [5.41, 5.74) is 1.55. The van der Waals surface area contributed by atoms with Crippen LogP contribution in [0.25, 0.3) is 0 Å². The molecular weight excluding hydrogens is 278 g/mol. The second-order valence-corrected chi connectivity index (χ2v) is 7.84. The van der Waals surface area contributed by atoms with Crippen LogP contribution in [0, 0.1) is 6.92 Å². The lowest BCUT2D eigenvalue weighted by atomic mass is 10.2. The van der Waals surface area contributed by atoms with E-state index in [1.165, 1.54) is 55.2 Å². The van der Waals surface area contributed by atoms with E-state index in [2.05, 4.69) is 35.0 Å². The molecule has 21 heavy (non-hydrogen) atoms. The summed E-state index contributed by atoms with van der Waals surface area (Å²) in [5.74, 6) is 0. The first kappa shape index (κ1) is 15.5. The molecule has 3 heterocycles. The summed E-state index contributed by atoms with van der Waals surface area (Å²) in [6.07, 6.45) is 4.19. The molecule has 2 aliphatic rings. The van der Waals surface area contributed by atoms with E-state index in [0.29, 0.717) is 0 Å². The molecule has 3 rings (SSSR count). The van der Waals surface area contributed by atoms with Crippen molar-refractivity contribution in [3.05, 3.63) is 21.4 Å². The Balaban J connectivity index is 1.53. The lowest BCUT2D eigenvalue weighted by Gasteiger charge is -2.23. The highest BCUT2D eigenvalue weighted by Gasteiger charge is 2.29. The molecule has 2 aliphatic heterocycles. The summed E-state index contributed by atoms with van der Waals surface area (Å²) in [4.78, 5) is 8.37. The predicted molar refractivity (Wildman–Crippen MR) is 90.9 cm³/mol. The second-order valence-electron chi connectivity index (χ2n) is 6.50. The number of thiophene rings is 1. The molecule has 0 saturated carbocycles. The summed E-state index contributed by atoms with van der Waals surface area (Å²) in [6, 6.07) is 3.25. The molecule has 0 amide bonds. The van der Waals surface area contributed by atoms with Gasteiger partial charge in [-0.2, -0.15) is 0 Å². The minimum absolute atomic E-state index is 0.827. The van der Waals surface area contributed by atoms with Gasteiger partial charge in [0.2, 0.25) is 0 Å². The standard InChI is InChI=1S/C17H29N3S/c1-3-18-11-17-10-15(14(2)21-17)12-19-9-6-16(13-19)20-7-4-5-8-20/h10,16,18H,3-9,11-13H2,1-2H3. The van der Waals surface area contributed by atoms with Gasteiger partial charge in [0.25, 0.3) is 0 Å². The maximum atomic E-state index is 3.43. The van der Waals surface area contributed by atoms with Crippen molar-refractivity contribution in [2.45, 2.75) is 52.2 Å². The largest absolute Gasteiger partial charge is 0.312 e. The van der Waals surface area contributed by atoms with Gasteiger partial charge in [0.15, 0.2) is 0 Å². The molecule has 0 bridgehead atoms. The number of nitrogens with zero attached hydrogens (tertiary/aromatic N) is 2. The van der Waals surface area contributed by atoms with Crippen LogP contribution >= 0.6 is 11.3 Å². The minimum Gasteiger partial charge on any atom is -0.312 e. The molecular formula is C17H29N3S. The van der Waals surface area contributed by atoms with Crippen LogP contribution in [0.5, 0.6) is 0 Å². The van der Waals surface area contributed by atoms with E-state index in [-0.39, 0.29) is 0 Å². The molecule has 118 valence electrons. The first-order chi connectivity index (χ1) is 10.3. The van der Waals surface area contributed by atoms with E-state index >= 15 is 0 Å². The fraction of sp³-hybridized carbons (Fsp3) is 0.765. The Morgan fingerprint density at radius 1 is 1.29 bits per heavy atom. The van der Waals surface area contributed by atoms with E-state index in [4.69, 9.17) is 0 Å². The van der Waals surface area contributed by atoms with E-state index < -0.39 is 0 Å². The van der Waals surface area contributed by atoms with Gasteiger partial charge in [-0.25, -0.2) is 0 Å². The Morgan fingerprint density at radius 2 is 2.10 bits per heavy atom. The van der Waals surface area contributed by atoms with Crippen LogP contribution in [0.3, 0.4) is 0 Å². The zero-order valence-electron chi connectivity index (χ0n) is 13.5. The van der Waals surface area contributed by atoms with Crippen LogP contribution < -0.4 is 5.32 Å². The van der Waals surface area contributed by atoms with Crippen LogP contribution in [-0.2, 0) is 13.1 Å². The molecule has 1 unspecified atom stereocenters. The van der Waals surface area contributed by atoms with Gasteiger partial charge in [-0.05, 0) is 57.5 Å². The molecule has 3 nitrogen and oxygen atoms in total. The molecule has 0 radical (unpaired) electrons. The smallest absolute Gasteiger partial charge is 0.0299 e. The molecule has 1 N–H and O–H groups in total. The Morgan fingerprint density at radius 3 is 2.86 bits per heavy atom. The fourth-order valence-corrected chi connectivity index (χ4v) is 4.70. The molecule has 2 saturated heterocycles. The number of likely N-dealkylation sites (tertiary alicyclic amines) is 2. The predicted octanol–water partition coefficient (Wildman–Crippen LogP) is 2.84. The highest BCUT2D eigenvalue weighted by atomic mass is 32.1. The lowest BCUT2D eigenvalue weighted by Crippen LogP contribution is -2.35. The third kappa shape index (κ3) is 3.86. The van der Waals surface area contributed by atoms with Gasteiger partial charge in [-0.1, -0.05) is 6.92 Å². The number of hydrogen-bond donors (Lipinski definition) is 1. The van der Waals surface area contributed by atoms with Crippen molar-refractivity contribution >= 4 is 11.3 Å². The van der Waals surface area contributed by atoms with Crippen LogP contribution in [0.15, 0.2) is 6.07 Å². The fourth-order valence-electron chi connectivity index (χ4n) is 3.68. The van der Waals surface area contributed by atoms with E-state index in [1.807, 2.05) is 11.3 Å². The van der Waals surface area contributed by atoms with E-state index in [9.17, 15) is 0 Å². The number of hydrogen-bond acceptors (Lipinski definition) is 4. The summed E-state index contributed by atoms with van der Waals surface area (Å²) in [5, 5.41) is 3.43. The third-order valence-electron chi connectivity index (χ3n) is 4.92. The Labute approximate surface area is 133 Å². The summed E-state index contributed by atoms with van der Waals surface area (Å²) in [6.45, 7) is 12.9. The van der Waals surface area contributed by atoms with Gasteiger partial charge in [-0.3, -0.25) is 9.80 Å². The van der Waals surface area contributed by atoms with Gasteiger partial charge in [0.05, 0.1) is 0 Å². The third-order valence-corrected chi connectivity index (χ3v) is 6.01. The quantitative estimate of drug-likeness (QED) is 0.872. The highest BCUT2D eigenvalue weighted by Crippen LogP contribution is 2.26. The average Bonchev–Trinajstić information content (AvgIpc) is 3.18. The monoisotopic (exact) mass is 307 g/mol. The highest BCUT2D eigenvalue weighted by molar-refractivity contribution is 7.12. The van der Waals surface area contributed by atoms with Crippen LogP contribution in [-0.4, -0.2) is 48.6 Å². The minimum atomic E-state index is 0.827. The first-order valence-electron chi connectivity index (χ1n) is 8.51.